The summed E-state index contributed by atoms with van der Waals surface area (Å²) in [4.78, 5) is 10.4. The monoisotopic (exact) mass is 195 g/mol. The first-order chi connectivity index (χ1) is 6.52. The molecule has 0 saturated carbocycles. The number of rotatable bonds is 2. The molecule has 0 spiro atoms. The fourth-order valence-corrected chi connectivity index (χ4v) is 1.62. The number of primary amides is 1. The molecule has 0 atom stereocenters. The molecule has 0 fully saturated rings. The highest BCUT2D eigenvalue weighted by Crippen LogP contribution is 2.35. The van der Waals surface area contributed by atoms with Crippen LogP contribution in [0, 0.1) is 5.41 Å². The van der Waals surface area contributed by atoms with Gasteiger partial charge in [-0.25, -0.2) is 10.2 Å². The van der Waals surface area contributed by atoms with Crippen molar-refractivity contribution in [2.24, 2.45) is 16.3 Å². The Morgan fingerprint density at radius 3 is 3.00 bits per heavy atom. The summed E-state index contributed by atoms with van der Waals surface area (Å²) in [6, 6.07) is -0.629. The zero-order valence-electron chi connectivity index (χ0n) is 8.71. The van der Waals surface area contributed by atoms with Crippen LogP contribution in [0.1, 0.15) is 33.1 Å². The molecule has 4 nitrogen and oxygen atoms in total. The molecule has 0 unspecified atom stereocenters. The molecular formula is C10H17N3O. The number of nitrogens with one attached hydrogen (secondary N) is 1. The highest BCUT2D eigenvalue weighted by atomic mass is 16.2. The van der Waals surface area contributed by atoms with E-state index in [0.29, 0.717) is 0 Å². The van der Waals surface area contributed by atoms with Gasteiger partial charge >= 0.3 is 6.03 Å². The summed E-state index contributed by atoms with van der Waals surface area (Å²) in [7, 11) is 0. The summed E-state index contributed by atoms with van der Waals surface area (Å²) >= 11 is 0. The van der Waals surface area contributed by atoms with Crippen molar-refractivity contribution >= 4 is 12.2 Å². The second-order valence-corrected chi connectivity index (χ2v) is 4.17. The topological polar surface area (TPSA) is 67.5 Å². The van der Waals surface area contributed by atoms with E-state index in [0.717, 1.165) is 18.4 Å². The normalized spacial score (nSPS) is 20.6. The SMILES string of the molecule is CC1(C)CCCC=C1/C=N/NC(N)=O. The second-order valence-electron chi connectivity index (χ2n) is 4.17. The van der Waals surface area contributed by atoms with Gasteiger partial charge in [0, 0.05) is 0 Å². The average molecular weight is 195 g/mol. The molecule has 0 aromatic rings. The fourth-order valence-electron chi connectivity index (χ4n) is 1.62. The van der Waals surface area contributed by atoms with E-state index in [2.05, 4.69) is 30.5 Å². The van der Waals surface area contributed by atoms with Crippen molar-refractivity contribution in [1.29, 1.82) is 0 Å². The third-order valence-electron chi connectivity index (χ3n) is 2.53. The number of hydrazone groups is 1. The maximum absolute atomic E-state index is 10.4. The predicted molar refractivity (Wildman–Crippen MR) is 56.9 cm³/mol. The van der Waals surface area contributed by atoms with Crippen LogP contribution in [-0.4, -0.2) is 12.2 Å². The summed E-state index contributed by atoms with van der Waals surface area (Å²) in [6.07, 6.45) is 7.30. The summed E-state index contributed by atoms with van der Waals surface area (Å²) in [6.45, 7) is 4.35. The molecule has 0 aromatic heterocycles. The van der Waals surface area contributed by atoms with Gasteiger partial charge in [0.2, 0.25) is 0 Å². The van der Waals surface area contributed by atoms with Gasteiger partial charge in [-0.2, -0.15) is 5.10 Å². The number of allylic oxidation sites excluding steroid dienone is 2. The minimum Gasteiger partial charge on any atom is -0.350 e. The summed E-state index contributed by atoms with van der Waals surface area (Å²) in [5.74, 6) is 0. The van der Waals surface area contributed by atoms with Gasteiger partial charge in [0.1, 0.15) is 0 Å². The quantitative estimate of drug-likeness (QED) is 0.512. The molecule has 0 heterocycles. The van der Waals surface area contributed by atoms with Crippen LogP contribution in [0.4, 0.5) is 4.79 Å². The molecule has 3 N–H and O–H groups in total. The summed E-state index contributed by atoms with van der Waals surface area (Å²) < 4.78 is 0. The highest BCUT2D eigenvalue weighted by molar-refractivity contribution is 5.82. The molecule has 1 aliphatic rings. The second kappa shape index (κ2) is 4.26. The number of carbonyl (C=O) groups is 1. The van der Waals surface area contributed by atoms with E-state index in [4.69, 9.17) is 5.73 Å². The zero-order valence-corrected chi connectivity index (χ0v) is 8.71. The van der Waals surface area contributed by atoms with Gasteiger partial charge < -0.3 is 5.73 Å². The molecule has 78 valence electrons. The van der Waals surface area contributed by atoms with E-state index in [1.807, 2.05) is 0 Å². The minimum absolute atomic E-state index is 0.154. The van der Waals surface area contributed by atoms with Crippen molar-refractivity contribution < 1.29 is 4.79 Å². The molecular weight excluding hydrogens is 178 g/mol. The lowest BCUT2D eigenvalue weighted by molar-refractivity contribution is 0.249. The molecule has 0 aliphatic heterocycles. The van der Waals surface area contributed by atoms with E-state index in [-0.39, 0.29) is 5.41 Å². The smallest absolute Gasteiger partial charge is 0.332 e. The van der Waals surface area contributed by atoms with Gasteiger partial charge in [-0.1, -0.05) is 19.9 Å². The lowest BCUT2D eigenvalue weighted by Gasteiger charge is -2.29. The Bertz CT molecular complexity index is 279. The van der Waals surface area contributed by atoms with Crippen LogP contribution in [-0.2, 0) is 0 Å². The number of hydrogen-bond acceptors (Lipinski definition) is 2. The first-order valence-electron chi connectivity index (χ1n) is 4.81. The highest BCUT2D eigenvalue weighted by Gasteiger charge is 2.24. The van der Waals surface area contributed by atoms with Crippen LogP contribution in [0.5, 0.6) is 0 Å². The lowest BCUT2D eigenvalue weighted by Crippen LogP contribution is -2.25. The maximum Gasteiger partial charge on any atom is 0.332 e. The van der Waals surface area contributed by atoms with Crippen LogP contribution in [0.25, 0.3) is 0 Å². The molecule has 1 rings (SSSR count). The van der Waals surface area contributed by atoms with E-state index in [1.54, 1.807) is 6.21 Å². The molecule has 0 radical (unpaired) electrons. The maximum atomic E-state index is 10.4. The number of amides is 2. The number of hydrogen-bond donors (Lipinski definition) is 2. The van der Waals surface area contributed by atoms with Crippen LogP contribution in [0.2, 0.25) is 0 Å². The predicted octanol–water partition coefficient (Wildman–Crippen LogP) is 1.78. The Morgan fingerprint density at radius 2 is 2.43 bits per heavy atom. The number of nitrogens with two attached hydrogens (primary N) is 1. The number of urea groups is 1. The average Bonchev–Trinajstić information content (AvgIpc) is 2.07. The minimum atomic E-state index is -0.629. The Kier molecular flexibility index (Phi) is 3.28. The third kappa shape index (κ3) is 2.87. The van der Waals surface area contributed by atoms with Crippen molar-refractivity contribution in [2.45, 2.75) is 33.1 Å². The molecule has 4 heteroatoms. The van der Waals surface area contributed by atoms with Crippen LogP contribution >= 0.6 is 0 Å². The Balaban J connectivity index is 2.62. The first-order valence-corrected chi connectivity index (χ1v) is 4.81. The van der Waals surface area contributed by atoms with E-state index < -0.39 is 6.03 Å². The van der Waals surface area contributed by atoms with Crippen molar-refractivity contribution in [3.8, 4) is 0 Å². The van der Waals surface area contributed by atoms with Gasteiger partial charge in [0.05, 0.1) is 6.21 Å². The Labute approximate surface area is 84.2 Å². The van der Waals surface area contributed by atoms with E-state index in [9.17, 15) is 4.79 Å². The first kappa shape index (κ1) is 10.8. The number of nitrogens with zero attached hydrogens (tertiary/aromatic N) is 1. The molecule has 1 aliphatic carbocycles. The van der Waals surface area contributed by atoms with Crippen molar-refractivity contribution in [3.63, 3.8) is 0 Å². The molecule has 2 amide bonds. The zero-order chi connectivity index (χ0) is 10.6. The molecule has 14 heavy (non-hydrogen) atoms. The van der Waals surface area contributed by atoms with Crippen molar-refractivity contribution in [3.05, 3.63) is 11.6 Å². The van der Waals surface area contributed by atoms with Gasteiger partial charge in [-0.15, -0.1) is 0 Å². The molecule has 0 aromatic carbocycles. The van der Waals surface area contributed by atoms with Crippen molar-refractivity contribution in [2.75, 3.05) is 0 Å². The van der Waals surface area contributed by atoms with Crippen LogP contribution in [0.3, 0.4) is 0 Å². The van der Waals surface area contributed by atoms with Gasteiger partial charge in [0.15, 0.2) is 0 Å². The molecule has 0 bridgehead atoms. The standard InChI is InChI=1S/C10H17N3O/c1-10(2)6-4-3-5-8(10)7-12-13-9(11)14/h5,7H,3-4,6H2,1-2H3,(H3,11,13,14)/b12-7+. The van der Waals surface area contributed by atoms with Gasteiger partial charge in [0.25, 0.3) is 0 Å². The van der Waals surface area contributed by atoms with Gasteiger partial charge in [-0.3, -0.25) is 0 Å². The molecule has 0 saturated heterocycles. The van der Waals surface area contributed by atoms with Gasteiger partial charge in [-0.05, 0) is 30.3 Å². The fraction of sp³-hybridized carbons (Fsp3) is 0.600. The Hall–Kier alpha value is -1.32. The third-order valence-corrected chi connectivity index (χ3v) is 2.53. The van der Waals surface area contributed by atoms with Crippen LogP contribution in [0.15, 0.2) is 16.8 Å². The summed E-state index contributed by atoms with van der Waals surface area (Å²) in [5, 5.41) is 3.77. The summed E-state index contributed by atoms with van der Waals surface area (Å²) in [5.41, 5.74) is 8.41. The Morgan fingerprint density at radius 1 is 1.71 bits per heavy atom. The number of carbonyl (C=O) groups excluding carboxylic acids is 1. The van der Waals surface area contributed by atoms with E-state index >= 15 is 0 Å². The van der Waals surface area contributed by atoms with Crippen molar-refractivity contribution in [1.82, 2.24) is 5.43 Å². The lowest BCUT2D eigenvalue weighted by atomic mass is 9.76. The van der Waals surface area contributed by atoms with Crippen LogP contribution < -0.4 is 11.2 Å². The largest absolute Gasteiger partial charge is 0.350 e. The van der Waals surface area contributed by atoms with E-state index in [1.165, 1.54) is 6.42 Å².